The summed E-state index contributed by atoms with van der Waals surface area (Å²) < 4.78 is 1.92. The molecule has 0 aliphatic heterocycles. The summed E-state index contributed by atoms with van der Waals surface area (Å²) in [7, 11) is 1.97. The van der Waals surface area contributed by atoms with E-state index in [1.165, 1.54) is 11.1 Å². The van der Waals surface area contributed by atoms with Crippen molar-refractivity contribution in [1.82, 2.24) is 9.78 Å². The van der Waals surface area contributed by atoms with Crippen molar-refractivity contribution in [3.8, 4) is 11.3 Å². The van der Waals surface area contributed by atoms with Gasteiger partial charge in [-0.05, 0) is 31.2 Å². The van der Waals surface area contributed by atoms with E-state index in [1.54, 1.807) is 0 Å². The number of nitrogen functional groups attached to an aromatic ring is 1. The summed E-state index contributed by atoms with van der Waals surface area (Å²) in [5, 5.41) is 5.65. The standard InChI is InChI=1S/C15H15N3/c1-10-4-3-5-11(8-10)15-13-7-6-12(16)9-14(13)17-18(15)2/h3-9H,16H2,1-2H3. The van der Waals surface area contributed by atoms with Gasteiger partial charge in [0.1, 0.15) is 0 Å². The highest BCUT2D eigenvalue weighted by Gasteiger charge is 2.10. The number of hydrogen-bond acceptors (Lipinski definition) is 2. The molecule has 3 rings (SSSR count). The molecule has 0 radical (unpaired) electrons. The van der Waals surface area contributed by atoms with Crippen LogP contribution in [0, 0.1) is 6.92 Å². The molecule has 1 aromatic heterocycles. The molecule has 0 saturated heterocycles. The maximum atomic E-state index is 5.80. The second-order valence-electron chi connectivity index (χ2n) is 4.62. The number of fused-ring (bicyclic) bond motifs is 1. The number of aromatic nitrogens is 2. The Hall–Kier alpha value is -2.29. The third-order valence-electron chi connectivity index (χ3n) is 3.15. The van der Waals surface area contributed by atoms with Crippen molar-refractivity contribution >= 4 is 16.6 Å². The third kappa shape index (κ3) is 1.64. The van der Waals surface area contributed by atoms with Crippen LogP contribution in [-0.4, -0.2) is 9.78 Å². The Bertz CT molecular complexity index is 726. The summed E-state index contributed by atoms with van der Waals surface area (Å²) in [6.07, 6.45) is 0. The normalized spacial score (nSPS) is 11.0. The SMILES string of the molecule is Cc1cccc(-c2c3ccc(N)cc3nn2C)c1. The van der Waals surface area contributed by atoms with Gasteiger partial charge in [0.05, 0.1) is 11.2 Å². The van der Waals surface area contributed by atoms with E-state index < -0.39 is 0 Å². The van der Waals surface area contributed by atoms with Crippen LogP contribution in [0.15, 0.2) is 42.5 Å². The quantitative estimate of drug-likeness (QED) is 0.661. The molecule has 3 aromatic rings. The lowest BCUT2D eigenvalue weighted by atomic mass is 10.1. The van der Waals surface area contributed by atoms with Crippen molar-refractivity contribution in [1.29, 1.82) is 0 Å². The van der Waals surface area contributed by atoms with Gasteiger partial charge in [0.15, 0.2) is 0 Å². The minimum absolute atomic E-state index is 0.747. The average molecular weight is 237 g/mol. The van der Waals surface area contributed by atoms with Gasteiger partial charge in [-0.1, -0.05) is 23.8 Å². The fourth-order valence-electron chi connectivity index (χ4n) is 2.35. The molecule has 90 valence electrons. The van der Waals surface area contributed by atoms with E-state index in [9.17, 15) is 0 Å². The Kier molecular flexibility index (Phi) is 2.33. The van der Waals surface area contributed by atoms with Crippen LogP contribution < -0.4 is 5.73 Å². The van der Waals surface area contributed by atoms with Gasteiger partial charge in [-0.25, -0.2) is 0 Å². The van der Waals surface area contributed by atoms with Gasteiger partial charge in [-0.3, -0.25) is 4.68 Å². The topological polar surface area (TPSA) is 43.8 Å². The number of nitrogens with two attached hydrogens (primary N) is 1. The highest BCUT2D eigenvalue weighted by molar-refractivity contribution is 5.94. The van der Waals surface area contributed by atoms with Crippen LogP contribution in [0.4, 0.5) is 5.69 Å². The maximum absolute atomic E-state index is 5.80. The number of rotatable bonds is 1. The van der Waals surface area contributed by atoms with Crippen molar-refractivity contribution in [2.75, 3.05) is 5.73 Å². The first-order chi connectivity index (χ1) is 8.65. The summed E-state index contributed by atoms with van der Waals surface area (Å²) in [6.45, 7) is 2.10. The molecule has 2 N–H and O–H groups in total. The van der Waals surface area contributed by atoms with Gasteiger partial charge in [0.2, 0.25) is 0 Å². The minimum atomic E-state index is 0.747. The zero-order valence-electron chi connectivity index (χ0n) is 10.5. The lowest BCUT2D eigenvalue weighted by Crippen LogP contribution is -1.93. The Morgan fingerprint density at radius 2 is 1.94 bits per heavy atom. The molecular formula is C15H15N3. The van der Waals surface area contributed by atoms with Gasteiger partial charge < -0.3 is 5.73 Å². The van der Waals surface area contributed by atoms with Crippen LogP contribution in [0.1, 0.15) is 5.56 Å². The zero-order chi connectivity index (χ0) is 12.7. The molecule has 18 heavy (non-hydrogen) atoms. The first-order valence-corrected chi connectivity index (χ1v) is 5.94. The van der Waals surface area contributed by atoms with E-state index in [0.717, 1.165) is 22.3 Å². The number of benzene rings is 2. The summed E-state index contributed by atoms with van der Waals surface area (Å²) in [4.78, 5) is 0. The van der Waals surface area contributed by atoms with E-state index in [-0.39, 0.29) is 0 Å². The Balaban J connectivity index is 2.32. The molecule has 0 saturated carbocycles. The highest BCUT2D eigenvalue weighted by atomic mass is 15.3. The summed E-state index contributed by atoms with van der Waals surface area (Å²) in [5.74, 6) is 0. The van der Waals surface area contributed by atoms with Gasteiger partial charge >= 0.3 is 0 Å². The predicted molar refractivity (Wildman–Crippen MR) is 75.3 cm³/mol. The second-order valence-corrected chi connectivity index (χ2v) is 4.62. The van der Waals surface area contributed by atoms with Crippen LogP contribution in [-0.2, 0) is 7.05 Å². The van der Waals surface area contributed by atoms with E-state index in [1.807, 2.05) is 29.9 Å². The molecule has 0 bridgehead atoms. The van der Waals surface area contributed by atoms with Crippen molar-refractivity contribution < 1.29 is 0 Å². The summed E-state index contributed by atoms with van der Waals surface area (Å²) >= 11 is 0. The molecule has 3 heteroatoms. The largest absolute Gasteiger partial charge is 0.399 e. The van der Waals surface area contributed by atoms with Gasteiger partial charge in [0.25, 0.3) is 0 Å². The Labute approximate surface area is 106 Å². The van der Waals surface area contributed by atoms with Gasteiger partial charge in [0, 0.05) is 23.7 Å². The average Bonchev–Trinajstić information content (AvgIpc) is 2.64. The van der Waals surface area contributed by atoms with Gasteiger partial charge in [-0.2, -0.15) is 5.10 Å². The molecule has 0 aliphatic rings. The molecule has 3 nitrogen and oxygen atoms in total. The van der Waals surface area contributed by atoms with E-state index in [2.05, 4.69) is 36.3 Å². The van der Waals surface area contributed by atoms with Crippen LogP contribution in [0.5, 0.6) is 0 Å². The van der Waals surface area contributed by atoms with Gasteiger partial charge in [-0.15, -0.1) is 0 Å². The number of anilines is 1. The molecule has 1 heterocycles. The van der Waals surface area contributed by atoms with Crippen molar-refractivity contribution in [3.63, 3.8) is 0 Å². The number of hydrogen-bond donors (Lipinski definition) is 1. The molecule has 0 atom stereocenters. The van der Waals surface area contributed by atoms with Crippen molar-refractivity contribution in [2.24, 2.45) is 7.05 Å². The van der Waals surface area contributed by atoms with Crippen LogP contribution >= 0.6 is 0 Å². The fourth-order valence-corrected chi connectivity index (χ4v) is 2.35. The molecule has 0 amide bonds. The van der Waals surface area contributed by atoms with Crippen LogP contribution in [0.25, 0.3) is 22.2 Å². The van der Waals surface area contributed by atoms with E-state index >= 15 is 0 Å². The lowest BCUT2D eigenvalue weighted by Gasteiger charge is -2.04. The van der Waals surface area contributed by atoms with Crippen LogP contribution in [0.2, 0.25) is 0 Å². The molecule has 0 fully saturated rings. The lowest BCUT2D eigenvalue weighted by molar-refractivity contribution is 0.788. The maximum Gasteiger partial charge on any atom is 0.0950 e. The number of nitrogens with zero attached hydrogens (tertiary/aromatic N) is 2. The summed E-state index contributed by atoms with van der Waals surface area (Å²) in [5.41, 5.74) is 11.0. The number of aryl methyl sites for hydroxylation is 2. The monoisotopic (exact) mass is 237 g/mol. The minimum Gasteiger partial charge on any atom is -0.399 e. The fraction of sp³-hybridized carbons (Fsp3) is 0.133. The zero-order valence-corrected chi connectivity index (χ0v) is 10.5. The van der Waals surface area contributed by atoms with E-state index in [0.29, 0.717) is 0 Å². The second kappa shape index (κ2) is 3.88. The van der Waals surface area contributed by atoms with Crippen molar-refractivity contribution in [2.45, 2.75) is 6.92 Å². The first kappa shape index (κ1) is 10.8. The van der Waals surface area contributed by atoms with Crippen LogP contribution in [0.3, 0.4) is 0 Å². The third-order valence-corrected chi connectivity index (χ3v) is 3.15. The van der Waals surface area contributed by atoms with E-state index in [4.69, 9.17) is 5.73 Å². The molecule has 2 aromatic carbocycles. The summed E-state index contributed by atoms with van der Waals surface area (Å²) in [6, 6.07) is 14.3. The smallest absolute Gasteiger partial charge is 0.0950 e. The molecule has 0 unspecified atom stereocenters. The Morgan fingerprint density at radius 3 is 2.72 bits per heavy atom. The highest BCUT2D eigenvalue weighted by Crippen LogP contribution is 2.29. The molecular weight excluding hydrogens is 222 g/mol. The predicted octanol–water partition coefficient (Wildman–Crippen LogP) is 3.13. The Morgan fingerprint density at radius 1 is 1.11 bits per heavy atom. The molecule has 0 aliphatic carbocycles. The van der Waals surface area contributed by atoms with Crippen molar-refractivity contribution in [3.05, 3.63) is 48.0 Å². The first-order valence-electron chi connectivity index (χ1n) is 5.94. The molecule has 0 spiro atoms.